The van der Waals surface area contributed by atoms with Crippen molar-refractivity contribution in [3.63, 3.8) is 0 Å². The SMILES string of the molecule is Cc1ccc(NC(=O)CN2C(=O)S/C(=C\c3cc(Br)ccc3OCc3ccccc3C#N)C2=O)cc1. The van der Waals surface area contributed by atoms with E-state index in [1.165, 1.54) is 0 Å². The highest BCUT2D eigenvalue weighted by atomic mass is 79.9. The van der Waals surface area contributed by atoms with Gasteiger partial charge in [-0.1, -0.05) is 51.8 Å². The topological polar surface area (TPSA) is 99.5 Å². The molecule has 3 amide bonds. The number of aryl methyl sites for hydroxylation is 1. The minimum absolute atomic E-state index is 0.160. The van der Waals surface area contributed by atoms with Crippen molar-refractivity contribution in [2.45, 2.75) is 13.5 Å². The van der Waals surface area contributed by atoms with Gasteiger partial charge in [-0.25, -0.2) is 0 Å². The van der Waals surface area contributed by atoms with Crippen LogP contribution in [0.5, 0.6) is 5.75 Å². The lowest BCUT2D eigenvalue weighted by Crippen LogP contribution is -2.36. The van der Waals surface area contributed by atoms with Crippen LogP contribution in [0.4, 0.5) is 10.5 Å². The number of ether oxygens (including phenoxy) is 1. The number of halogens is 1. The Hall–Kier alpha value is -3.87. The molecule has 3 aromatic rings. The Kier molecular flexibility index (Phi) is 7.88. The third-order valence-corrected chi connectivity index (χ3v) is 6.69. The van der Waals surface area contributed by atoms with Crippen LogP contribution >= 0.6 is 27.7 Å². The molecule has 3 aromatic carbocycles. The molecule has 180 valence electrons. The lowest BCUT2D eigenvalue weighted by Gasteiger charge is -2.13. The van der Waals surface area contributed by atoms with Crippen LogP contribution in [0.1, 0.15) is 22.3 Å². The summed E-state index contributed by atoms with van der Waals surface area (Å²) in [6.45, 7) is 1.71. The van der Waals surface area contributed by atoms with E-state index in [4.69, 9.17) is 4.74 Å². The van der Waals surface area contributed by atoms with Crippen LogP contribution in [0.3, 0.4) is 0 Å². The van der Waals surface area contributed by atoms with Gasteiger partial charge in [0.1, 0.15) is 18.9 Å². The zero-order valence-electron chi connectivity index (χ0n) is 19.2. The molecule has 0 radical (unpaired) electrons. The average Bonchev–Trinajstić information content (AvgIpc) is 3.12. The number of hydrogen-bond acceptors (Lipinski definition) is 6. The van der Waals surface area contributed by atoms with Gasteiger partial charge in [0.2, 0.25) is 5.91 Å². The number of carbonyl (C=O) groups excluding carboxylic acids is 3. The summed E-state index contributed by atoms with van der Waals surface area (Å²) in [7, 11) is 0. The summed E-state index contributed by atoms with van der Waals surface area (Å²) in [6.07, 6.45) is 1.57. The van der Waals surface area contributed by atoms with Gasteiger partial charge in [-0.05, 0) is 61.2 Å². The van der Waals surface area contributed by atoms with Crippen molar-refractivity contribution in [1.82, 2.24) is 4.90 Å². The number of imide groups is 1. The first kappa shape index (κ1) is 25.2. The number of rotatable bonds is 7. The van der Waals surface area contributed by atoms with E-state index in [1.807, 2.05) is 31.2 Å². The van der Waals surface area contributed by atoms with Crippen molar-refractivity contribution in [3.05, 3.63) is 98.4 Å². The molecule has 0 unspecified atom stereocenters. The molecule has 7 nitrogen and oxygen atoms in total. The van der Waals surface area contributed by atoms with Crippen molar-refractivity contribution in [2.24, 2.45) is 0 Å². The van der Waals surface area contributed by atoms with Gasteiger partial charge >= 0.3 is 0 Å². The molecule has 1 aliphatic rings. The molecule has 4 rings (SSSR count). The van der Waals surface area contributed by atoms with Crippen LogP contribution in [-0.4, -0.2) is 28.5 Å². The summed E-state index contributed by atoms with van der Waals surface area (Å²) >= 11 is 4.19. The van der Waals surface area contributed by atoms with E-state index in [0.717, 1.165) is 32.3 Å². The Morgan fingerprint density at radius 1 is 1.14 bits per heavy atom. The lowest BCUT2D eigenvalue weighted by atomic mass is 10.1. The van der Waals surface area contributed by atoms with Crippen LogP contribution in [0.25, 0.3) is 6.08 Å². The highest BCUT2D eigenvalue weighted by Crippen LogP contribution is 2.35. The summed E-state index contributed by atoms with van der Waals surface area (Å²) < 4.78 is 6.72. The van der Waals surface area contributed by atoms with Gasteiger partial charge in [-0.3, -0.25) is 19.3 Å². The van der Waals surface area contributed by atoms with Gasteiger partial charge in [0.15, 0.2) is 0 Å². The van der Waals surface area contributed by atoms with Gasteiger partial charge in [0.25, 0.3) is 11.1 Å². The van der Waals surface area contributed by atoms with E-state index in [2.05, 4.69) is 27.3 Å². The fraction of sp³-hybridized carbons (Fsp3) is 0.111. The molecule has 36 heavy (non-hydrogen) atoms. The molecule has 1 fully saturated rings. The maximum Gasteiger partial charge on any atom is 0.294 e. The van der Waals surface area contributed by atoms with Crippen molar-refractivity contribution in [1.29, 1.82) is 5.26 Å². The van der Waals surface area contributed by atoms with E-state index in [9.17, 15) is 19.6 Å². The van der Waals surface area contributed by atoms with Crippen molar-refractivity contribution in [3.8, 4) is 11.8 Å². The maximum atomic E-state index is 13.0. The Bertz CT molecular complexity index is 1410. The summed E-state index contributed by atoms with van der Waals surface area (Å²) in [4.78, 5) is 39.0. The maximum absolute atomic E-state index is 13.0. The number of carbonyl (C=O) groups is 3. The third-order valence-electron chi connectivity index (χ3n) is 5.29. The molecular formula is C27H20BrN3O4S. The summed E-state index contributed by atoms with van der Waals surface area (Å²) in [5, 5.41) is 11.5. The van der Waals surface area contributed by atoms with Gasteiger partial charge in [-0.2, -0.15) is 5.26 Å². The molecule has 0 atom stereocenters. The zero-order chi connectivity index (χ0) is 25.7. The smallest absolute Gasteiger partial charge is 0.294 e. The number of nitriles is 1. The molecule has 1 saturated heterocycles. The minimum atomic E-state index is -0.551. The molecule has 9 heteroatoms. The number of anilines is 1. The molecular weight excluding hydrogens is 542 g/mol. The predicted octanol–water partition coefficient (Wildman–Crippen LogP) is 5.88. The van der Waals surface area contributed by atoms with Crippen molar-refractivity contribution >= 4 is 56.5 Å². The molecule has 0 bridgehead atoms. The van der Waals surface area contributed by atoms with Crippen molar-refractivity contribution < 1.29 is 19.1 Å². The minimum Gasteiger partial charge on any atom is -0.488 e. The van der Waals surface area contributed by atoms with E-state index < -0.39 is 17.1 Å². The van der Waals surface area contributed by atoms with Gasteiger partial charge in [0.05, 0.1) is 16.5 Å². The Balaban J connectivity index is 1.49. The monoisotopic (exact) mass is 561 g/mol. The number of benzene rings is 3. The van der Waals surface area contributed by atoms with E-state index in [0.29, 0.717) is 22.6 Å². The van der Waals surface area contributed by atoms with Gasteiger partial charge in [0, 0.05) is 21.3 Å². The Morgan fingerprint density at radius 2 is 1.89 bits per heavy atom. The van der Waals surface area contributed by atoms with E-state index >= 15 is 0 Å². The van der Waals surface area contributed by atoms with Crippen LogP contribution < -0.4 is 10.1 Å². The van der Waals surface area contributed by atoms with Crippen LogP contribution in [0.2, 0.25) is 0 Å². The average molecular weight is 562 g/mol. The molecule has 0 spiro atoms. The van der Waals surface area contributed by atoms with Crippen molar-refractivity contribution in [2.75, 3.05) is 11.9 Å². The Morgan fingerprint density at radius 3 is 2.64 bits per heavy atom. The number of nitrogens with one attached hydrogen (secondary N) is 1. The molecule has 1 heterocycles. The highest BCUT2D eigenvalue weighted by molar-refractivity contribution is 9.10. The summed E-state index contributed by atoms with van der Waals surface area (Å²) in [5.41, 5.74) is 3.46. The first-order valence-electron chi connectivity index (χ1n) is 10.9. The molecule has 1 aliphatic heterocycles. The van der Waals surface area contributed by atoms with E-state index in [-0.39, 0.29) is 18.1 Å². The fourth-order valence-corrected chi connectivity index (χ4v) is 4.64. The largest absolute Gasteiger partial charge is 0.488 e. The molecule has 0 aliphatic carbocycles. The predicted molar refractivity (Wildman–Crippen MR) is 142 cm³/mol. The first-order valence-corrected chi connectivity index (χ1v) is 12.5. The zero-order valence-corrected chi connectivity index (χ0v) is 21.6. The second kappa shape index (κ2) is 11.2. The fourth-order valence-electron chi connectivity index (χ4n) is 3.43. The Labute approximate surface area is 220 Å². The van der Waals surface area contributed by atoms with Crippen LogP contribution in [0, 0.1) is 18.3 Å². The molecule has 0 saturated carbocycles. The second-order valence-corrected chi connectivity index (χ2v) is 9.83. The summed E-state index contributed by atoms with van der Waals surface area (Å²) in [5.74, 6) is -0.537. The standard InChI is InChI=1S/C27H20BrN3O4S/c1-17-6-9-22(10-7-17)30-25(32)15-31-26(33)24(36-27(31)34)13-20-12-21(28)8-11-23(20)35-16-19-5-3-2-4-18(19)14-29/h2-13H,15-16H2,1H3,(H,30,32)/b24-13-. The quantitative estimate of drug-likeness (QED) is 0.361. The van der Waals surface area contributed by atoms with Gasteiger partial charge < -0.3 is 10.1 Å². The number of thioether (sulfide) groups is 1. The number of hydrogen-bond donors (Lipinski definition) is 1. The number of nitrogens with zero attached hydrogens (tertiary/aromatic N) is 2. The van der Waals surface area contributed by atoms with Crippen LogP contribution in [0.15, 0.2) is 76.1 Å². The highest BCUT2D eigenvalue weighted by Gasteiger charge is 2.36. The molecule has 0 aromatic heterocycles. The first-order chi connectivity index (χ1) is 17.3. The van der Waals surface area contributed by atoms with E-state index in [1.54, 1.807) is 48.5 Å². The third kappa shape index (κ3) is 6.03. The number of amides is 3. The van der Waals surface area contributed by atoms with Crippen LogP contribution in [-0.2, 0) is 16.2 Å². The normalized spacial score (nSPS) is 14.1. The second-order valence-electron chi connectivity index (χ2n) is 7.92. The molecule has 1 N–H and O–H groups in total. The summed E-state index contributed by atoms with van der Waals surface area (Å²) in [6, 6.07) is 21.8. The lowest BCUT2D eigenvalue weighted by molar-refractivity contribution is -0.127. The van der Waals surface area contributed by atoms with Gasteiger partial charge in [-0.15, -0.1) is 0 Å².